The molecule has 1 aliphatic rings. The van der Waals surface area contributed by atoms with Crippen LogP contribution < -0.4 is 0 Å². The van der Waals surface area contributed by atoms with E-state index < -0.39 is 35.1 Å². The molecule has 28 heavy (non-hydrogen) atoms. The molecule has 150 valence electrons. The fourth-order valence-corrected chi connectivity index (χ4v) is 2.84. The van der Waals surface area contributed by atoms with Gasteiger partial charge in [-0.2, -0.15) is 0 Å². The average Bonchev–Trinajstić information content (AvgIpc) is 3.26. The summed E-state index contributed by atoms with van der Waals surface area (Å²) in [5, 5.41) is 7.63. The van der Waals surface area contributed by atoms with E-state index in [9.17, 15) is 18.4 Å². The summed E-state index contributed by atoms with van der Waals surface area (Å²) in [5.41, 5.74) is -0.0471. The lowest BCUT2D eigenvalue weighted by atomic mass is 10.1. The second-order valence-corrected chi connectivity index (χ2v) is 7.72. The van der Waals surface area contributed by atoms with Crippen LogP contribution in [0.25, 0.3) is 0 Å². The largest absolute Gasteiger partial charge is 0.459 e. The number of carbonyl (C=O) groups is 2. The maximum atomic E-state index is 13.8. The van der Waals surface area contributed by atoms with Gasteiger partial charge in [-0.05, 0) is 51.0 Å². The highest BCUT2D eigenvalue weighted by atomic mass is 19.1. The van der Waals surface area contributed by atoms with E-state index in [4.69, 9.17) is 9.47 Å². The Labute approximate surface area is 160 Å². The number of benzene rings is 1. The lowest BCUT2D eigenvalue weighted by Crippen LogP contribution is -2.26. The van der Waals surface area contributed by atoms with Crippen LogP contribution in [0.4, 0.5) is 8.78 Å². The van der Waals surface area contributed by atoms with E-state index in [1.165, 1.54) is 10.9 Å². The van der Waals surface area contributed by atoms with Crippen molar-refractivity contribution in [2.45, 2.75) is 51.9 Å². The molecule has 1 aromatic carbocycles. The van der Waals surface area contributed by atoms with E-state index in [1.54, 1.807) is 20.8 Å². The fraction of sp³-hybridized carbons (Fsp3) is 0.474. The Morgan fingerprint density at radius 3 is 2.75 bits per heavy atom. The summed E-state index contributed by atoms with van der Waals surface area (Å²) in [5.74, 6) is -2.93. The van der Waals surface area contributed by atoms with Gasteiger partial charge in [0, 0.05) is 5.92 Å². The van der Waals surface area contributed by atoms with E-state index in [1.807, 2.05) is 0 Å². The van der Waals surface area contributed by atoms with Crippen LogP contribution in [0, 0.1) is 17.6 Å². The molecule has 0 radical (unpaired) electrons. The van der Waals surface area contributed by atoms with Crippen LogP contribution in [0.3, 0.4) is 0 Å². The minimum atomic E-state index is -0.599. The van der Waals surface area contributed by atoms with E-state index >= 15 is 0 Å². The highest BCUT2D eigenvalue weighted by molar-refractivity contribution is 5.77. The predicted molar refractivity (Wildman–Crippen MR) is 92.9 cm³/mol. The molecule has 0 amide bonds. The highest BCUT2D eigenvalue weighted by Crippen LogP contribution is 2.49. The fourth-order valence-electron chi connectivity index (χ4n) is 2.84. The van der Waals surface area contributed by atoms with Gasteiger partial charge in [-0.3, -0.25) is 9.59 Å². The zero-order valence-corrected chi connectivity index (χ0v) is 15.8. The second-order valence-electron chi connectivity index (χ2n) is 7.72. The molecule has 0 spiro atoms. The Morgan fingerprint density at radius 1 is 1.29 bits per heavy atom. The van der Waals surface area contributed by atoms with Crippen molar-refractivity contribution in [3.05, 3.63) is 47.3 Å². The SMILES string of the molecule is CC(C)(C)OC(=O)Cn1cc(COC(=O)[C@H]2C[C@@H]2c2cc(F)ccc2F)nn1. The number of hydrogen-bond donors (Lipinski definition) is 0. The molecule has 0 saturated heterocycles. The first-order valence-electron chi connectivity index (χ1n) is 8.85. The Hall–Kier alpha value is -2.84. The summed E-state index contributed by atoms with van der Waals surface area (Å²) >= 11 is 0. The molecule has 1 heterocycles. The maximum absolute atomic E-state index is 13.8. The van der Waals surface area contributed by atoms with Crippen molar-refractivity contribution in [2.75, 3.05) is 0 Å². The molecule has 0 bridgehead atoms. The van der Waals surface area contributed by atoms with Gasteiger partial charge in [-0.25, -0.2) is 13.5 Å². The van der Waals surface area contributed by atoms with E-state index in [0.717, 1.165) is 18.2 Å². The normalized spacial score (nSPS) is 18.6. The van der Waals surface area contributed by atoms with Crippen LogP contribution in [0.15, 0.2) is 24.4 Å². The third-order valence-corrected chi connectivity index (χ3v) is 4.11. The Bertz CT molecular complexity index is 892. The lowest BCUT2D eigenvalue weighted by Gasteiger charge is -2.19. The molecule has 0 aliphatic heterocycles. The van der Waals surface area contributed by atoms with Gasteiger partial charge in [0.1, 0.15) is 36.1 Å². The smallest absolute Gasteiger partial charge is 0.328 e. The third kappa shape index (κ3) is 5.11. The van der Waals surface area contributed by atoms with Gasteiger partial charge in [-0.1, -0.05) is 5.21 Å². The van der Waals surface area contributed by atoms with Crippen LogP contribution in [-0.2, 0) is 32.2 Å². The van der Waals surface area contributed by atoms with Crippen molar-refractivity contribution in [1.29, 1.82) is 0 Å². The van der Waals surface area contributed by atoms with Crippen molar-refractivity contribution in [2.24, 2.45) is 5.92 Å². The minimum Gasteiger partial charge on any atom is -0.459 e. The first-order chi connectivity index (χ1) is 13.1. The first kappa shape index (κ1) is 19.9. The highest BCUT2D eigenvalue weighted by Gasteiger charge is 2.46. The van der Waals surface area contributed by atoms with Gasteiger partial charge >= 0.3 is 11.9 Å². The molecule has 1 aromatic heterocycles. The van der Waals surface area contributed by atoms with Crippen LogP contribution in [0.2, 0.25) is 0 Å². The molecule has 0 N–H and O–H groups in total. The first-order valence-corrected chi connectivity index (χ1v) is 8.85. The Kier molecular flexibility index (Phi) is 5.44. The Balaban J connectivity index is 1.49. The number of rotatable bonds is 6. The van der Waals surface area contributed by atoms with Gasteiger partial charge in [0.2, 0.25) is 0 Å². The van der Waals surface area contributed by atoms with Crippen molar-refractivity contribution in [3.63, 3.8) is 0 Å². The Morgan fingerprint density at radius 2 is 2.04 bits per heavy atom. The molecular formula is C19H21F2N3O4. The predicted octanol–water partition coefficient (Wildman–Crippen LogP) is 2.74. The van der Waals surface area contributed by atoms with Crippen LogP contribution in [0.1, 0.15) is 44.4 Å². The lowest BCUT2D eigenvalue weighted by molar-refractivity contribution is -0.155. The molecule has 9 heteroatoms. The molecular weight excluding hydrogens is 372 g/mol. The van der Waals surface area contributed by atoms with Crippen LogP contribution in [-0.4, -0.2) is 32.5 Å². The van der Waals surface area contributed by atoms with Crippen molar-refractivity contribution >= 4 is 11.9 Å². The van der Waals surface area contributed by atoms with E-state index in [2.05, 4.69) is 10.3 Å². The van der Waals surface area contributed by atoms with Gasteiger partial charge < -0.3 is 9.47 Å². The number of aromatic nitrogens is 3. The minimum absolute atomic E-state index is 0.109. The van der Waals surface area contributed by atoms with Crippen molar-refractivity contribution < 1.29 is 27.8 Å². The molecule has 2 atom stereocenters. The number of nitrogens with zero attached hydrogens (tertiary/aromatic N) is 3. The molecule has 0 unspecified atom stereocenters. The molecule has 7 nitrogen and oxygen atoms in total. The number of hydrogen-bond acceptors (Lipinski definition) is 6. The summed E-state index contributed by atoms with van der Waals surface area (Å²) < 4.78 is 38.7. The zero-order chi connectivity index (χ0) is 20.5. The summed E-state index contributed by atoms with van der Waals surface area (Å²) in [6.07, 6.45) is 1.89. The number of carbonyl (C=O) groups excluding carboxylic acids is 2. The van der Waals surface area contributed by atoms with Gasteiger partial charge in [-0.15, -0.1) is 5.10 Å². The molecule has 1 fully saturated rings. The third-order valence-electron chi connectivity index (χ3n) is 4.11. The van der Waals surface area contributed by atoms with Gasteiger partial charge in [0.15, 0.2) is 0 Å². The number of halogens is 2. The van der Waals surface area contributed by atoms with Crippen molar-refractivity contribution in [3.8, 4) is 0 Å². The molecule has 3 rings (SSSR count). The maximum Gasteiger partial charge on any atom is 0.328 e. The summed E-state index contributed by atoms with van der Waals surface area (Å²) in [6, 6.07) is 3.19. The van der Waals surface area contributed by atoms with Gasteiger partial charge in [0.25, 0.3) is 0 Å². The van der Waals surface area contributed by atoms with Crippen LogP contribution in [0.5, 0.6) is 0 Å². The summed E-state index contributed by atoms with van der Waals surface area (Å²) in [7, 11) is 0. The molecule has 2 aromatic rings. The van der Waals surface area contributed by atoms with Crippen molar-refractivity contribution in [1.82, 2.24) is 15.0 Å². The standard InChI is InChI=1S/C19H21F2N3O4/c1-19(2,3)28-17(25)9-24-8-12(22-23-24)10-27-18(26)15-7-13(15)14-6-11(20)4-5-16(14)21/h4-6,8,13,15H,7,9-10H2,1-3H3/t13-,15+/m1/s1. The van der Waals surface area contributed by atoms with E-state index in [-0.39, 0.29) is 24.6 Å². The van der Waals surface area contributed by atoms with Crippen LogP contribution >= 0.6 is 0 Å². The number of ether oxygens (including phenoxy) is 2. The average molecular weight is 393 g/mol. The quantitative estimate of drug-likeness (QED) is 0.702. The topological polar surface area (TPSA) is 83.3 Å². The molecule has 1 aliphatic carbocycles. The molecule has 1 saturated carbocycles. The zero-order valence-electron chi connectivity index (χ0n) is 15.8. The summed E-state index contributed by atoms with van der Waals surface area (Å²) in [6.45, 7) is 5.05. The monoisotopic (exact) mass is 393 g/mol. The van der Waals surface area contributed by atoms with Gasteiger partial charge in [0.05, 0.1) is 12.1 Å². The van der Waals surface area contributed by atoms with E-state index in [0.29, 0.717) is 12.1 Å². The second kappa shape index (κ2) is 7.65. The number of esters is 2. The summed E-state index contributed by atoms with van der Waals surface area (Å²) in [4.78, 5) is 23.9.